The van der Waals surface area contributed by atoms with E-state index in [0.29, 0.717) is 6.54 Å². The zero-order valence-electron chi connectivity index (χ0n) is 16.7. The number of halogens is 1. The van der Waals surface area contributed by atoms with Gasteiger partial charge in [0.15, 0.2) is 5.96 Å². The Kier molecular flexibility index (Phi) is 8.83. The van der Waals surface area contributed by atoms with Crippen molar-refractivity contribution in [1.29, 1.82) is 0 Å². The highest BCUT2D eigenvalue weighted by atomic mass is 127. The third-order valence-corrected chi connectivity index (χ3v) is 4.60. The van der Waals surface area contributed by atoms with Crippen LogP contribution in [0.15, 0.2) is 39.8 Å². The molecule has 1 fully saturated rings. The smallest absolute Gasteiger partial charge is 0.269 e. The van der Waals surface area contributed by atoms with Crippen LogP contribution in [0.25, 0.3) is 0 Å². The fourth-order valence-corrected chi connectivity index (χ4v) is 3.20. The molecule has 29 heavy (non-hydrogen) atoms. The molecule has 0 amide bonds. The summed E-state index contributed by atoms with van der Waals surface area (Å²) in [4.78, 5) is 19.8. The Morgan fingerprint density at radius 2 is 2.07 bits per heavy atom. The SMILES string of the molecule is CCNC(=NCc1cccc([N+](=O)[O-])c1)N1CCN(Cc2cc(C)on2)CC1.I. The van der Waals surface area contributed by atoms with E-state index < -0.39 is 0 Å². The molecule has 2 heterocycles. The maximum Gasteiger partial charge on any atom is 0.269 e. The molecule has 0 spiro atoms. The van der Waals surface area contributed by atoms with E-state index in [4.69, 9.17) is 4.52 Å². The van der Waals surface area contributed by atoms with Gasteiger partial charge in [-0.2, -0.15) is 0 Å². The topological polar surface area (TPSA) is 100 Å². The molecule has 0 radical (unpaired) electrons. The molecule has 0 atom stereocenters. The minimum absolute atomic E-state index is 0. The van der Waals surface area contributed by atoms with E-state index in [0.717, 1.165) is 62.2 Å². The van der Waals surface area contributed by atoms with Crippen LogP contribution in [0.1, 0.15) is 23.9 Å². The van der Waals surface area contributed by atoms with Crippen molar-refractivity contribution in [2.75, 3.05) is 32.7 Å². The first-order chi connectivity index (χ1) is 13.5. The van der Waals surface area contributed by atoms with Crippen molar-refractivity contribution >= 4 is 35.6 Å². The number of guanidine groups is 1. The summed E-state index contributed by atoms with van der Waals surface area (Å²) in [6.07, 6.45) is 0. The molecule has 0 bridgehead atoms. The predicted molar refractivity (Wildman–Crippen MR) is 121 cm³/mol. The van der Waals surface area contributed by atoms with E-state index in [1.54, 1.807) is 12.1 Å². The van der Waals surface area contributed by atoms with Crippen molar-refractivity contribution in [3.05, 3.63) is 57.5 Å². The third-order valence-electron chi connectivity index (χ3n) is 4.60. The first kappa shape index (κ1) is 23.1. The van der Waals surface area contributed by atoms with Crippen LogP contribution in [-0.2, 0) is 13.1 Å². The maximum atomic E-state index is 10.9. The lowest BCUT2D eigenvalue weighted by Crippen LogP contribution is -2.52. The molecule has 9 nitrogen and oxygen atoms in total. The molecule has 1 N–H and O–H groups in total. The van der Waals surface area contributed by atoms with Gasteiger partial charge in [0.1, 0.15) is 5.76 Å². The van der Waals surface area contributed by atoms with Crippen LogP contribution >= 0.6 is 24.0 Å². The highest BCUT2D eigenvalue weighted by molar-refractivity contribution is 14.0. The number of nitrogens with one attached hydrogen (secondary N) is 1. The number of nitro benzene ring substituents is 1. The number of nitro groups is 1. The summed E-state index contributed by atoms with van der Waals surface area (Å²) >= 11 is 0. The van der Waals surface area contributed by atoms with E-state index in [2.05, 4.69) is 25.3 Å². The standard InChI is InChI=1S/C19H26N6O3.HI/c1-3-20-19(21-13-16-5-4-6-18(12-16)25(26)27)24-9-7-23(8-10-24)14-17-11-15(2)28-22-17;/h4-6,11-12H,3,7-10,13-14H2,1-2H3,(H,20,21);1H. The summed E-state index contributed by atoms with van der Waals surface area (Å²) in [5.41, 5.74) is 1.87. The Labute approximate surface area is 187 Å². The van der Waals surface area contributed by atoms with Crippen LogP contribution < -0.4 is 5.32 Å². The van der Waals surface area contributed by atoms with E-state index in [-0.39, 0.29) is 34.6 Å². The van der Waals surface area contributed by atoms with Crippen LogP contribution in [0.4, 0.5) is 5.69 Å². The molecular formula is C19H27IN6O3. The summed E-state index contributed by atoms with van der Waals surface area (Å²) < 4.78 is 5.14. The van der Waals surface area contributed by atoms with Gasteiger partial charge in [0.2, 0.25) is 0 Å². The third kappa shape index (κ3) is 6.67. The Balaban J connectivity index is 0.00000300. The molecule has 3 rings (SSSR count). The van der Waals surface area contributed by atoms with Gasteiger partial charge >= 0.3 is 0 Å². The number of nitrogens with zero attached hydrogens (tertiary/aromatic N) is 5. The minimum Gasteiger partial charge on any atom is -0.361 e. The van der Waals surface area contributed by atoms with E-state index >= 15 is 0 Å². The summed E-state index contributed by atoms with van der Waals surface area (Å²) in [6, 6.07) is 8.59. The van der Waals surface area contributed by atoms with Gasteiger partial charge in [-0.15, -0.1) is 24.0 Å². The Hall–Kier alpha value is -2.21. The zero-order chi connectivity index (χ0) is 19.9. The summed E-state index contributed by atoms with van der Waals surface area (Å²) in [7, 11) is 0. The van der Waals surface area contributed by atoms with E-state index in [9.17, 15) is 10.1 Å². The first-order valence-corrected chi connectivity index (χ1v) is 9.46. The fourth-order valence-electron chi connectivity index (χ4n) is 3.20. The number of aliphatic imine (C=N–C) groups is 1. The van der Waals surface area contributed by atoms with Crippen LogP contribution in [0.5, 0.6) is 0 Å². The van der Waals surface area contributed by atoms with Gasteiger partial charge in [-0.25, -0.2) is 4.99 Å². The van der Waals surface area contributed by atoms with Gasteiger partial charge in [0.25, 0.3) is 5.69 Å². The van der Waals surface area contributed by atoms with Crippen molar-refractivity contribution in [3.63, 3.8) is 0 Å². The summed E-state index contributed by atoms with van der Waals surface area (Å²) in [5, 5.41) is 18.3. The molecule has 1 aliphatic rings. The molecule has 1 saturated heterocycles. The summed E-state index contributed by atoms with van der Waals surface area (Å²) in [6.45, 7) is 9.43. The van der Waals surface area contributed by atoms with Gasteiger partial charge < -0.3 is 14.7 Å². The van der Waals surface area contributed by atoms with Crippen LogP contribution in [0.3, 0.4) is 0 Å². The number of non-ortho nitro benzene ring substituents is 1. The lowest BCUT2D eigenvalue weighted by Gasteiger charge is -2.36. The molecule has 10 heteroatoms. The first-order valence-electron chi connectivity index (χ1n) is 9.46. The quantitative estimate of drug-likeness (QED) is 0.208. The average Bonchev–Trinajstić information content (AvgIpc) is 3.10. The molecule has 0 aliphatic carbocycles. The second kappa shape index (κ2) is 11.1. The molecule has 2 aromatic rings. The molecule has 1 aromatic carbocycles. The average molecular weight is 514 g/mol. The monoisotopic (exact) mass is 514 g/mol. The molecule has 0 saturated carbocycles. The van der Waals surface area contributed by atoms with Crippen molar-refractivity contribution in [2.45, 2.75) is 26.9 Å². The number of hydrogen-bond donors (Lipinski definition) is 1. The number of hydrogen-bond acceptors (Lipinski definition) is 6. The second-order valence-electron chi connectivity index (χ2n) is 6.79. The predicted octanol–water partition coefficient (Wildman–Crippen LogP) is 2.79. The maximum absolute atomic E-state index is 10.9. The number of benzene rings is 1. The summed E-state index contributed by atoms with van der Waals surface area (Å²) in [5.74, 6) is 1.67. The van der Waals surface area contributed by atoms with Crippen molar-refractivity contribution < 1.29 is 9.45 Å². The normalized spacial score (nSPS) is 15.1. The lowest BCUT2D eigenvalue weighted by molar-refractivity contribution is -0.384. The van der Waals surface area contributed by atoms with Gasteiger partial charge in [0.05, 0.1) is 17.2 Å². The van der Waals surface area contributed by atoms with Crippen molar-refractivity contribution in [2.24, 2.45) is 4.99 Å². The number of aryl methyl sites for hydroxylation is 1. The fraction of sp³-hybridized carbons (Fsp3) is 0.474. The highest BCUT2D eigenvalue weighted by Gasteiger charge is 2.20. The Morgan fingerprint density at radius 1 is 1.31 bits per heavy atom. The zero-order valence-corrected chi connectivity index (χ0v) is 19.0. The number of aromatic nitrogens is 1. The minimum atomic E-state index is -0.381. The van der Waals surface area contributed by atoms with Crippen molar-refractivity contribution in [1.82, 2.24) is 20.3 Å². The Bertz CT molecular complexity index is 833. The molecule has 1 aliphatic heterocycles. The Morgan fingerprint density at radius 3 is 2.69 bits per heavy atom. The van der Waals surface area contributed by atoms with E-state index in [1.165, 1.54) is 6.07 Å². The van der Waals surface area contributed by atoms with Gasteiger partial charge in [0, 0.05) is 57.5 Å². The number of rotatable bonds is 6. The van der Waals surface area contributed by atoms with E-state index in [1.807, 2.05) is 26.0 Å². The number of piperazine rings is 1. The van der Waals surface area contributed by atoms with Gasteiger partial charge in [-0.3, -0.25) is 15.0 Å². The largest absolute Gasteiger partial charge is 0.361 e. The molecule has 158 valence electrons. The molecular weight excluding hydrogens is 487 g/mol. The second-order valence-corrected chi connectivity index (χ2v) is 6.79. The van der Waals surface area contributed by atoms with Crippen LogP contribution in [-0.4, -0.2) is 58.6 Å². The van der Waals surface area contributed by atoms with Crippen LogP contribution in [0, 0.1) is 17.0 Å². The lowest BCUT2D eigenvalue weighted by atomic mass is 10.2. The van der Waals surface area contributed by atoms with Gasteiger partial charge in [-0.05, 0) is 19.4 Å². The molecule has 1 aromatic heterocycles. The molecule has 0 unspecified atom stereocenters. The van der Waals surface area contributed by atoms with Crippen LogP contribution in [0.2, 0.25) is 0 Å². The van der Waals surface area contributed by atoms with Crippen molar-refractivity contribution in [3.8, 4) is 0 Å². The highest BCUT2D eigenvalue weighted by Crippen LogP contribution is 2.14. The van der Waals surface area contributed by atoms with Gasteiger partial charge in [-0.1, -0.05) is 17.3 Å².